The molecule has 2 aromatic carbocycles. The van der Waals surface area contributed by atoms with Gasteiger partial charge in [-0.3, -0.25) is 4.98 Å². The molecule has 1 N–H and O–H groups in total. The third-order valence-electron chi connectivity index (χ3n) is 5.20. The number of nitriles is 1. The van der Waals surface area contributed by atoms with Gasteiger partial charge in [-0.15, -0.1) is 10.2 Å². The highest BCUT2D eigenvalue weighted by molar-refractivity contribution is 7.92. The molecule has 10 heteroatoms. The van der Waals surface area contributed by atoms with Gasteiger partial charge in [0, 0.05) is 17.7 Å². The van der Waals surface area contributed by atoms with Gasteiger partial charge in [-0.25, -0.2) is 13.4 Å². The fourth-order valence-corrected chi connectivity index (χ4v) is 4.38. The first-order valence-corrected chi connectivity index (χ1v) is 12.1. The van der Waals surface area contributed by atoms with E-state index in [9.17, 15) is 13.7 Å². The van der Waals surface area contributed by atoms with Crippen molar-refractivity contribution in [2.75, 3.05) is 7.05 Å². The molecule has 0 saturated carbocycles. The summed E-state index contributed by atoms with van der Waals surface area (Å²) in [4.78, 5) is 8.82. The third-order valence-corrected chi connectivity index (χ3v) is 7.35. The molecule has 0 spiro atoms. The summed E-state index contributed by atoms with van der Waals surface area (Å²) in [6.07, 6.45) is 2.98. The summed E-state index contributed by atoms with van der Waals surface area (Å²) in [6, 6.07) is 14.2. The topological polar surface area (TPSA) is 135 Å². The van der Waals surface area contributed by atoms with Crippen LogP contribution < -0.4 is 5.32 Å². The van der Waals surface area contributed by atoms with Crippen LogP contribution in [0, 0.1) is 11.3 Å². The second-order valence-corrected chi connectivity index (χ2v) is 10.3. The number of nitrogens with zero attached hydrogens (tertiary/aromatic N) is 5. The molecular weight excluding hydrogens is 452 g/mol. The lowest BCUT2D eigenvalue weighted by Crippen LogP contribution is -2.14. The monoisotopic (exact) mass is 474 g/mol. The lowest BCUT2D eigenvalue weighted by atomic mass is 10.1. The Hall–Kier alpha value is -3.94. The first-order chi connectivity index (χ1) is 16.3. The van der Waals surface area contributed by atoms with E-state index in [1.165, 1.54) is 24.5 Å². The Kier molecular flexibility index (Phi) is 6.49. The minimum absolute atomic E-state index is 0.0918. The van der Waals surface area contributed by atoms with Gasteiger partial charge in [-0.2, -0.15) is 5.26 Å². The molecule has 4 aromatic rings. The van der Waals surface area contributed by atoms with Gasteiger partial charge in [-0.05, 0) is 50.7 Å². The molecule has 2 heterocycles. The van der Waals surface area contributed by atoms with Crippen molar-refractivity contribution in [2.45, 2.75) is 30.5 Å². The van der Waals surface area contributed by atoms with E-state index < -0.39 is 15.1 Å². The maximum Gasteiger partial charge on any atom is 0.268 e. The maximum atomic E-state index is 12.5. The zero-order valence-electron chi connectivity index (χ0n) is 18.8. The molecule has 0 fully saturated rings. The van der Waals surface area contributed by atoms with Gasteiger partial charge in [0.25, 0.3) is 5.89 Å². The first kappa shape index (κ1) is 23.2. The molecule has 0 aliphatic heterocycles. The quantitative estimate of drug-likeness (QED) is 0.426. The molecule has 34 heavy (non-hydrogen) atoms. The number of benzene rings is 2. The normalized spacial score (nSPS) is 11.5. The van der Waals surface area contributed by atoms with E-state index >= 15 is 0 Å². The van der Waals surface area contributed by atoms with Gasteiger partial charge < -0.3 is 9.73 Å². The molecule has 4 rings (SSSR count). The highest BCUT2D eigenvalue weighted by Gasteiger charge is 2.21. The highest BCUT2D eigenvalue weighted by Crippen LogP contribution is 2.28. The third kappa shape index (κ3) is 4.57. The van der Waals surface area contributed by atoms with E-state index in [0.29, 0.717) is 22.8 Å². The van der Waals surface area contributed by atoms with Crippen LogP contribution in [0.15, 0.2) is 64.2 Å². The van der Waals surface area contributed by atoms with Crippen molar-refractivity contribution < 1.29 is 12.8 Å². The Labute approximate surface area is 197 Å². The van der Waals surface area contributed by atoms with Crippen molar-refractivity contribution in [3.8, 4) is 40.4 Å². The van der Waals surface area contributed by atoms with Crippen molar-refractivity contribution in [2.24, 2.45) is 0 Å². The number of rotatable bonds is 7. The van der Waals surface area contributed by atoms with Crippen LogP contribution in [0.25, 0.3) is 34.3 Å². The largest absolute Gasteiger partial charge is 0.415 e. The zero-order valence-corrected chi connectivity index (χ0v) is 19.7. The summed E-state index contributed by atoms with van der Waals surface area (Å²) in [5.41, 5.74) is 3.27. The van der Waals surface area contributed by atoms with Crippen LogP contribution in [0.4, 0.5) is 0 Å². The fraction of sp³-hybridized carbons (Fsp3) is 0.208. The Morgan fingerprint density at radius 2 is 1.74 bits per heavy atom. The van der Waals surface area contributed by atoms with Crippen LogP contribution in [0.5, 0.6) is 0 Å². The molecule has 0 saturated heterocycles. The Bertz CT molecular complexity index is 1470. The van der Waals surface area contributed by atoms with E-state index in [2.05, 4.69) is 31.6 Å². The van der Waals surface area contributed by atoms with Crippen LogP contribution in [0.2, 0.25) is 0 Å². The van der Waals surface area contributed by atoms with Crippen LogP contribution in [-0.2, 0) is 16.4 Å². The Morgan fingerprint density at radius 3 is 2.41 bits per heavy atom. The van der Waals surface area contributed by atoms with Crippen molar-refractivity contribution in [3.63, 3.8) is 0 Å². The molecule has 0 atom stereocenters. The van der Waals surface area contributed by atoms with E-state index in [0.717, 1.165) is 17.7 Å². The van der Waals surface area contributed by atoms with Crippen LogP contribution in [0.1, 0.15) is 25.0 Å². The fourth-order valence-electron chi connectivity index (χ4n) is 3.30. The van der Waals surface area contributed by atoms with Crippen LogP contribution >= 0.6 is 0 Å². The number of aromatic nitrogens is 4. The molecular formula is C24H22N6O3S. The van der Waals surface area contributed by atoms with Gasteiger partial charge in [0.05, 0.1) is 39.9 Å². The summed E-state index contributed by atoms with van der Waals surface area (Å²) >= 11 is 0. The molecule has 9 nitrogen and oxygen atoms in total. The van der Waals surface area contributed by atoms with E-state index in [4.69, 9.17) is 4.42 Å². The van der Waals surface area contributed by atoms with Crippen molar-refractivity contribution in [1.82, 2.24) is 25.5 Å². The van der Waals surface area contributed by atoms with Gasteiger partial charge in [0.2, 0.25) is 5.89 Å². The summed E-state index contributed by atoms with van der Waals surface area (Å²) in [5, 5.41) is 20.3. The standard InChI is InChI=1S/C24H22N6O3S/c1-15(2)34(31,32)19-8-9-20(18(10-19)11-25)21-13-27-14-22(28-21)24-30-29-23(33-24)17-6-4-16(5-7-17)12-26-3/h4-10,13-15,26H,12H2,1-3H3. The maximum absolute atomic E-state index is 12.5. The summed E-state index contributed by atoms with van der Waals surface area (Å²) in [6.45, 7) is 3.95. The predicted molar refractivity (Wildman–Crippen MR) is 126 cm³/mol. The molecule has 2 aromatic heterocycles. The lowest BCUT2D eigenvalue weighted by molar-refractivity contribution is 0.581. The number of hydrogen-bond acceptors (Lipinski definition) is 9. The SMILES string of the molecule is CNCc1ccc(-c2nnc(-c3cncc(-c4ccc(S(=O)(=O)C(C)C)cc4C#N)n3)o2)cc1. The second kappa shape index (κ2) is 9.51. The zero-order chi connectivity index (χ0) is 24.3. The molecule has 0 unspecified atom stereocenters. The van der Waals surface area contributed by atoms with E-state index in [1.54, 1.807) is 19.9 Å². The number of hydrogen-bond donors (Lipinski definition) is 1. The summed E-state index contributed by atoms with van der Waals surface area (Å²) in [7, 11) is -1.63. The average molecular weight is 475 g/mol. The smallest absolute Gasteiger partial charge is 0.268 e. The summed E-state index contributed by atoms with van der Waals surface area (Å²) < 4.78 is 30.8. The van der Waals surface area contributed by atoms with Gasteiger partial charge in [-0.1, -0.05) is 18.2 Å². The molecule has 0 aliphatic rings. The summed E-state index contributed by atoms with van der Waals surface area (Å²) in [5.74, 6) is 0.528. The molecule has 0 amide bonds. The lowest BCUT2D eigenvalue weighted by Gasteiger charge is -2.10. The highest BCUT2D eigenvalue weighted by atomic mass is 32.2. The Balaban J connectivity index is 1.66. The van der Waals surface area contributed by atoms with Gasteiger partial charge in [0.1, 0.15) is 5.69 Å². The van der Waals surface area contributed by atoms with Crippen LogP contribution in [0.3, 0.4) is 0 Å². The van der Waals surface area contributed by atoms with Gasteiger partial charge >= 0.3 is 0 Å². The number of sulfone groups is 1. The van der Waals surface area contributed by atoms with Crippen molar-refractivity contribution in [1.29, 1.82) is 5.26 Å². The molecule has 0 aliphatic carbocycles. The van der Waals surface area contributed by atoms with E-state index in [1.807, 2.05) is 31.3 Å². The van der Waals surface area contributed by atoms with Gasteiger partial charge in [0.15, 0.2) is 9.84 Å². The van der Waals surface area contributed by atoms with Crippen molar-refractivity contribution in [3.05, 3.63) is 66.0 Å². The minimum atomic E-state index is -3.51. The van der Waals surface area contributed by atoms with Crippen LogP contribution in [-0.4, -0.2) is 40.9 Å². The van der Waals surface area contributed by atoms with E-state index in [-0.39, 0.29) is 16.3 Å². The molecule has 0 bridgehead atoms. The second-order valence-electron chi connectivity index (χ2n) is 7.84. The van der Waals surface area contributed by atoms with Crippen molar-refractivity contribution >= 4 is 9.84 Å². The molecule has 0 radical (unpaired) electrons. The minimum Gasteiger partial charge on any atom is -0.415 e. The average Bonchev–Trinajstić information content (AvgIpc) is 3.35. The Morgan fingerprint density at radius 1 is 1.03 bits per heavy atom. The molecule has 172 valence electrons. The number of nitrogens with one attached hydrogen (secondary N) is 1. The predicted octanol–water partition coefficient (Wildman–Crippen LogP) is 3.63. The first-order valence-electron chi connectivity index (χ1n) is 10.5.